The lowest BCUT2D eigenvalue weighted by Crippen LogP contribution is -2.48. The van der Waals surface area contributed by atoms with Crippen LogP contribution in [0.3, 0.4) is 0 Å². The van der Waals surface area contributed by atoms with Crippen LogP contribution >= 0.6 is 0 Å². The first-order chi connectivity index (χ1) is 16.6. The van der Waals surface area contributed by atoms with E-state index in [0.29, 0.717) is 13.1 Å². The Morgan fingerprint density at radius 2 is 1.71 bits per heavy atom. The first kappa shape index (κ1) is 22.4. The summed E-state index contributed by atoms with van der Waals surface area (Å²) in [4.78, 5) is 17.3. The van der Waals surface area contributed by atoms with Gasteiger partial charge < -0.3 is 23.7 Å². The van der Waals surface area contributed by atoms with Gasteiger partial charge in [-0.15, -0.1) is 0 Å². The van der Waals surface area contributed by atoms with E-state index in [-0.39, 0.29) is 5.91 Å². The smallest absolute Gasteiger partial charge is 0.246 e. The Morgan fingerprint density at radius 3 is 2.41 bits per heavy atom. The molecule has 1 aromatic heterocycles. The zero-order valence-corrected chi connectivity index (χ0v) is 20.2. The van der Waals surface area contributed by atoms with Crippen LogP contribution in [0.25, 0.3) is 16.5 Å². The second-order valence-corrected chi connectivity index (χ2v) is 9.10. The highest BCUT2D eigenvalue weighted by molar-refractivity contribution is 5.97. The summed E-state index contributed by atoms with van der Waals surface area (Å²) in [5.41, 5.74) is 5.21. The molecule has 178 valence electrons. The van der Waals surface area contributed by atoms with Gasteiger partial charge in [0.05, 0.1) is 14.2 Å². The fourth-order valence-electron chi connectivity index (χ4n) is 5.10. The molecule has 0 N–H and O–H groups in total. The Kier molecular flexibility index (Phi) is 6.22. The summed E-state index contributed by atoms with van der Waals surface area (Å²) in [6, 6.07) is 12.2. The molecule has 0 atom stereocenters. The minimum atomic E-state index is 0.0447. The maximum absolute atomic E-state index is 13.1. The molecule has 0 saturated carbocycles. The van der Waals surface area contributed by atoms with Crippen molar-refractivity contribution in [3.63, 3.8) is 0 Å². The maximum Gasteiger partial charge on any atom is 0.246 e. The number of fused-ring (bicyclic) bond motifs is 3. The second-order valence-electron chi connectivity index (χ2n) is 9.10. The molecule has 1 aliphatic carbocycles. The number of carbonyl (C=O) groups excluding carboxylic acids is 1. The number of aryl methyl sites for hydroxylation is 2. The summed E-state index contributed by atoms with van der Waals surface area (Å²) in [5, 5.41) is 1.15. The van der Waals surface area contributed by atoms with Crippen LogP contribution in [-0.4, -0.2) is 51.2 Å². The molecule has 6 nitrogen and oxygen atoms in total. The van der Waals surface area contributed by atoms with E-state index in [1.807, 2.05) is 30.0 Å². The third-order valence-corrected chi connectivity index (χ3v) is 7.07. The summed E-state index contributed by atoms with van der Waals surface area (Å²) in [6.07, 6.45) is 6.17. The zero-order chi connectivity index (χ0) is 23.7. The van der Waals surface area contributed by atoms with E-state index in [9.17, 15) is 4.79 Å². The van der Waals surface area contributed by atoms with Gasteiger partial charge in [0.2, 0.25) is 5.91 Å². The van der Waals surface area contributed by atoms with Crippen molar-refractivity contribution in [3.05, 3.63) is 59.4 Å². The summed E-state index contributed by atoms with van der Waals surface area (Å²) in [6.45, 7) is 4.99. The van der Waals surface area contributed by atoms with Crippen LogP contribution in [0.5, 0.6) is 11.5 Å². The van der Waals surface area contributed by atoms with Gasteiger partial charge in [0.15, 0.2) is 0 Å². The average Bonchev–Trinajstić information content (AvgIpc) is 3.25. The minimum Gasteiger partial charge on any atom is -0.497 e. The quantitative estimate of drug-likeness (QED) is 0.497. The Balaban J connectivity index is 1.32. The lowest BCUT2D eigenvalue weighted by atomic mass is 9.94. The largest absolute Gasteiger partial charge is 0.497 e. The van der Waals surface area contributed by atoms with Gasteiger partial charge in [-0.2, -0.15) is 0 Å². The number of hydrogen-bond acceptors (Lipinski definition) is 5. The Morgan fingerprint density at radius 1 is 0.971 bits per heavy atom. The van der Waals surface area contributed by atoms with Crippen LogP contribution in [0, 0.1) is 0 Å². The average molecular weight is 461 g/mol. The molecule has 0 radical (unpaired) electrons. The van der Waals surface area contributed by atoms with E-state index in [1.165, 1.54) is 18.4 Å². The van der Waals surface area contributed by atoms with Crippen LogP contribution in [0.4, 0.5) is 5.69 Å². The van der Waals surface area contributed by atoms with Gasteiger partial charge in [-0.3, -0.25) is 4.79 Å². The third-order valence-electron chi connectivity index (χ3n) is 7.07. The maximum atomic E-state index is 13.1. The van der Waals surface area contributed by atoms with Gasteiger partial charge in [-0.1, -0.05) is 0 Å². The van der Waals surface area contributed by atoms with Crippen molar-refractivity contribution < 1.29 is 18.7 Å². The molecule has 3 aromatic rings. The van der Waals surface area contributed by atoms with Gasteiger partial charge in [-0.25, -0.2) is 0 Å². The van der Waals surface area contributed by atoms with Crippen molar-refractivity contribution in [2.75, 3.05) is 45.3 Å². The number of ether oxygens (including phenoxy) is 2. The molecule has 2 heterocycles. The molecule has 1 fully saturated rings. The number of methoxy groups -OCH3 is 2. The standard InChI is InChI=1S/C28H32N2O4/c1-19(23-17-24-22-6-4-5-7-25(22)34-27(24)18-26(23)33-3)16-28(31)30-14-12-29(13-15-30)20-8-10-21(32-2)11-9-20/h8-11,16-18H,4-7,12-15H2,1-3H3/b19-16+. The Bertz CT molecular complexity index is 1220. The number of benzene rings is 2. The highest BCUT2D eigenvalue weighted by atomic mass is 16.5. The minimum absolute atomic E-state index is 0.0447. The summed E-state index contributed by atoms with van der Waals surface area (Å²) < 4.78 is 17.0. The third kappa shape index (κ3) is 4.25. The van der Waals surface area contributed by atoms with Gasteiger partial charge in [0.25, 0.3) is 0 Å². The SMILES string of the molecule is COc1ccc(N2CCN(C(=O)/C=C(\C)c3cc4c5c(oc4cc3OC)CCCC5)CC2)cc1. The topological polar surface area (TPSA) is 55.2 Å². The van der Waals surface area contributed by atoms with E-state index in [1.54, 1.807) is 20.3 Å². The number of carbonyl (C=O) groups is 1. The normalized spacial score (nSPS) is 16.5. The van der Waals surface area contributed by atoms with E-state index < -0.39 is 0 Å². The zero-order valence-electron chi connectivity index (χ0n) is 20.2. The number of piperazine rings is 1. The predicted octanol–water partition coefficient (Wildman–Crippen LogP) is 5.08. The van der Waals surface area contributed by atoms with Crippen LogP contribution in [-0.2, 0) is 17.6 Å². The van der Waals surface area contributed by atoms with E-state index in [4.69, 9.17) is 13.9 Å². The molecule has 2 aliphatic rings. The number of amides is 1. The van der Waals surface area contributed by atoms with Gasteiger partial charge in [0.1, 0.15) is 22.8 Å². The molecule has 2 aromatic carbocycles. The summed E-state index contributed by atoms with van der Waals surface area (Å²) in [7, 11) is 3.34. The van der Waals surface area contributed by atoms with Gasteiger partial charge >= 0.3 is 0 Å². The van der Waals surface area contributed by atoms with Crippen molar-refractivity contribution in [3.8, 4) is 11.5 Å². The van der Waals surface area contributed by atoms with Crippen molar-refractivity contribution in [1.82, 2.24) is 4.90 Å². The van der Waals surface area contributed by atoms with Crippen molar-refractivity contribution in [2.45, 2.75) is 32.6 Å². The van der Waals surface area contributed by atoms with Crippen molar-refractivity contribution >= 4 is 28.1 Å². The predicted molar refractivity (Wildman–Crippen MR) is 135 cm³/mol. The first-order valence-electron chi connectivity index (χ1n) is 12.1. The molecule has 1 aliphatic heterocycles. The molecular formula is C28H32N2O4. The van der Waals surface area contributed by atoms with Gasteiger partial charge in [0, 0.05) is 66.9 Å². The highest BCUT2D eigenvalue weighted by Crippen LogP contribution is 2.38. The fourth-order valence-corrected chi connectivity index (χ4v) is 5.10. The molecule has 0 spiro atoms. The molecule has 1 saturated heterocycles. The number of furan rings is 1. The molecular weight excluding hydrogens is 428 g/mol. The number of anilines is 1. The monoisotopic (exact) mass is 460 g/mol. The van der Waals surface area contributed by atoms with Crippen LogP contribution in [0.15, 0.2) is 46.9 Å². The van der Waals surface area contributed by atoms with Crippen molar-refractivity contribution in [1.29, 1.82) is 0 Å². The highest BCUT2D eigenvalue weighted by Gasteiger charge is 2.23. The van der Waals surface area contributed by atoms with E-state index in [0.717, 1.165) is 71.0 Å². The fraction of sp³-hybridized carbons (Fsp3) is 0.393. The van der Waals surface area contributed by atoms with Crippen LogP contribution < -0.4 is 14.4 Å². The van der Waals surface area contributed by atoms with E-state index in [2.05, 4.69) is 23.1 Å². The lowest BCUT2D eigenvalue weighted by molar-refractivity contribution is -0.126. The number of rotatable bonds is 5. The Labute approximate surface area is 200 Å². The van der Waals surface area contributed by atoms with Crippen molar-refractivity contribution in [2.24, 2.45) is 0 Å². The first-order valence-corrected chi connectivity index (χ1v) is 12.1. The van der Waals surface area contributed by atoms with E-state index >= 15 is 0 Å². The second kappa shape index (κ2) is 9.45. The molecule has 5 rings (SSSR count). The number of nitrogens with zero attached hydrogens (tertiary/aromatic N) is 2. The Hall–Kier alpha value is -3.41. The molecule has 1 amide bonds. The molecule has 0 unspecified atom stereocenters. The van der Waals surface area contributed by atoms with Crippen LogP contribution in [0.2, 0.25) is 0 Å². The summed E-state index contributed by atoms with van der Waals surface area (Å²) in [5.74, 6) is 2.74. The molecule has 6 heteroatoms. The molecule has 0 bridgehead atoms. The lowest BCUT2D eigenvalue weighted by Gasteiger charge is -2.35. The van der Waals surface area contributed by atoms with Gasteiger partial charge in [-0.05, 0) is 62.1 Å². The summed E-state index contributed by atoms with van der Waals surface area (Å²) >= 11 is 0. The number of allylic oxidation sites excluding steroid dienone is 1. The number of hydrogen-bond donors (Lipinski definition) is 0. The molecule has 34 heavy (non-hydrogen) atoms. The van der Waals surface area contributed by atoms with Crippen LogP contribution in [0.1, 0.15) is 36.7 Å².